The number of carbonyl (C=O) groups is 2. The summed E-state index contributed by atoms with van der Waals surface area (Å²) in [6.45, 7) is 2.29. The number of hydrogen-bond donors (Lipinski definition) is 0. The molecule has 0 spiro atoms. The zero-order chi connectivity index (χ0) is 17.0. The van der Waals surface area contributed by atoms with Crippen molar-refractivity contribution in [2.75, 3.05) is 13.7 Å². The molecule has 2 rings (SSSR count). The van der Waals surface area contributed by atoms with Gasteiger partial charge in [0.25, 0.3) is 5.91 Å². The summed E-state index contributed by atoms with van der Waals surface area (Å²) in [5, 5.41) is 9.97. The Hall–Kier alpha value is -2.06. The van der Waals surface area contributed by atoms with Crippen molar-refractivity contribution < 1.29 is 14.3 Å². The molecule has 1 aliphatic rings. The molecule has 1 aliphatic heterocycles. The number of nitriles is 1. The van der Waals surface area contributed by atoms with Crippen LogP contribution in [0.15, 0.2) is 12.1 Å². The summed E-state index contributed by atoms with van der Waals surface area (Å²) in [4.78, 5) is 25.2. The standard InChI is InChI=1S/C17H19ClN2O3/c1-11-13(18)8-7-12-14(10-19)20(17(22)16(11)12)9-5-3-4-6-15(21)23-2/h7-8,14H,3-6,9H2,1-2H3. The van der Waals surface area contributed by atoms with Crippen LogP contribution in [-0.2, 0) is 9.53 Å². The predicted molar refractivity (Wildman–Crippen MR) is 86.1 cm³/mol. The maximum atomic E-state index is 12.6. The minimum Gasteiger partial charge on any atom is -0.469 e. The Morgan fingerprint density at radius 2 is 2.13 bits per heavy atom. The van der Waals surface area contributed by atoms with Gasteiger partial charge in [-0.3, -0.25) is 9.59 Å². The molecule has 5 nitrogen and oxygen atoms in total. The number of benzene rings is 1. The van der Waals surface area contributed by atoms with Crippen LogP contribution in [0.25, 0.3) is 0 Å². The van der Waals surface area contributed by atoms with E-state index < -0.39 is 6.04 Å². The fraction of sp³-hybridized carbons (Fsp3) is 0.471. The summed E-state index contributed by atoms with van der Waals surface area (Å²) in [5.41, 5.74) is 2.01. The molecule has 1 aromatic rings. The molecular formula is C17H19ClN2O3. The van der Waals surface area contributed by atoms with Gasteiger partial charge in [-0.1, -0.05) is 24.1 Å². The number of unbranched alkanes of at least 4 members (excludes halogenated alkanes) is 2. The molecular weight excluding hydrogens is 316 g/mol. The lowest BCUT2D eigenvalue weighted by molar-refractivity contribution is -0.140. The first kappa shape index (κ1) is 17.3. The zero-order valence-electron chi connectivity index (χ0n) is 13.3. The van der Waals surface area contributed by atoms with Crippen LogP contribution in [0.3, 0.4) is 0 Å². The fourth-order valence-electron chi connectivity index (χ4n) is 2.85. The van der Waals surface area contributed by atoms with Gasteiger partial charge in [0.15, 0.2) is 0 Å². The minimum absolute atomic E-state index is 0.139. The molecule has 1 atom stereocenters. The topological polar surface area (TPSA) is 70.4 Å². The number of amides is 1. The Balaban J connectivity index is 2.01. The highest BCUT2D eigenvalue weighted by molar-refractivity contribution is 6.32. The first-order valence-corrected chi connectivity index (χ1v) is 7.95. The molecule has 1 unspecified atom stereocenters. The van der Waals surface area contributed by atoms with Crippen LogP contribution in [0.5, 0.6) is 0 Å². The SMILES string of the molecule is COC(=O)CCCCCN1C(=O)c2c(ccc(Cl)c2C)C1C#N. The summed E-state index contributed by atoms with van der Waals surface area (Å²) in [5.74, 6) is -0.366. The predicted octanol–water partition coefficient (Wildman–Crippen LogP) is 3.40. The molecule has 23 heavy (non-hydrogen) atoms. The summed E-state index contributed by atoms with van der Waals surface area (Å²) < 4.78 is 4.59. The van der Waals surface area contributed by atoms with Crippen LogP contribution < -0.4 is 0 Å². The summed E-state index contributed by atoms with van der Waals surface area (Å²) in [6.07, 6.45) is 2.62. The third-order valence-electron chi connectivity index (χ3n) is 4.14. The van der Waals surface area contributed by atoms with Gasteiger partial charge in [0.1, 0.15) is 6.04 Å². The molecule has 0 aliphatic carbocycles. The third-order valence-corrected chi connectivity index (χ3v) is 4.55. The summed E-state index contributed by atoms with van der Waals surface area (Å²) >= 11 is 6.09. The molecule has 1 amide bonds. The average molecular weight is 335 g/mol. The lowest BCUT2D eigenvalue weighted by atomic mass is 10.0. The second kappa shape index (κ2) is 7.47. The molecule has 0 N–H and O–H groups in total. The quantitative estimate of drug-likeness (QED) is 0.590. The Morgan fingerprint density at radius 3 is 2.78 bits per heavy atom. The van der Waals surface area contributed by atoms with Crippen molar-refractivity contribution in [3.8, 4) is 6.07 Å². The highest BCUT2D eigenvalue weighted by atomic mass is 35.5. The van der Waals surface area contributed by atoms with Crippen LogP contribution in [0, 0.1) is 18.3 Å². The number of carbonyl (C=O) groups excluding carboxylic acids is 2. The van der Waals surface area contributed by atoms with E-state index >= 15 is 0 Å². The van der Waals surface area contributed by atoms with Crippen molar-refractivity contribution in [1.29, 1.82) is 5.26 Å². The van der Waals surface area contributed by atoms with E-state index in [2.05, 4.69) is 10.8 Å². The summed E-state index contributed by atoms with van der Waals surface area (Å²) in [7, 11) is 1.37. The van der Waals surface area contributed by atoms with E-state index in [4.69, 9.17) is 11.6 Å². The van der Waals surface area contributed by atoms with E-state index in [1.807, 2.05) is 0 Å². The average Bonchev–Trinajstić information content (AvgIpc) is 2.82. The summed E-state index contributed by atoms with van der Waals surface area (Å²) in [6, 6.07) is 5.13. The fourth-order valence-corrected chi connectivity index (χ4v) is 3.01. The van der Waals surface area contributed by atoms with Gasteiger partial charge in [0.2, 0.25) is 0 Å². The number of ether oxygens (including phenoxy) is 1. The van der Waals surface area contributed by atoms with E-state index in [0.717, 1.165) is 24.0 Å². The van der Waals surface area contributed by atoms with Crippen LogP contribution in [-0.4, -0.2) is 30.4 Å². The minimum atomic E-state index is -0.561. The van der Waals surface area contributed by atoms with Gasteiger partial charge in [0, 0.05) is 23.6 Å². The van der Waals surface area contributed by atoms with Gasteiger partial charge < -0.3 is 9.64 Å². The first-order valence-electron chi connectivity index (χ1n) is 7.57. The highest BCUT2D eigenvalue weighted by Gasteiger charge is 2.37. The second-order valence-corrected chi connectivity index (χ2v) is 5.96. The van der Waals surface area contributed by atoms with Crippen molar-refractivity contribution >= 4 is 23.5 Å². The number of halogens is 1. The van der Waals surface area contributed by atoms with Crippen LogP contribution >= 0.6 is 11.6 Å². The third kappa shape index (κ3) is 3.48. The largest absolute Gasteiger partial charge is 0.469 e. The van der Waals surface area contributed by atoms with E-state index in [-0.39, 0.29) is 11.9 Å². The molecule has 0 aromatic heterocycles. The van der Waals surface area contributed by atoms with E-state index in [1.165, 1.54) is 7.11 Å². The maximum absolute atomic E-state index is 12.6. The lowest BCUT2D eigenvalue weighted by Gasteiger charge is -2.19. The number of rotatable bonds is 6. The van der Waals surface area contributed by atoms with Gasteiger partial charge in [-0.2, -0.15) is 5.26 Å². The number of esters is 1. The van der Waals surface area contributed by atoms with E-state index in [1.54, 1.807) is 24.0 Å². The number of methoxy groups -OCH3 is 1. The molecule has 0 bridgehead atoms. The number of hydrogen-bond acceptors (Lipinski definition) is 4. The normalized spacial score (nSPS) is 16.2. The monoisotopic (exact) mass is 334 g/mol. The Labute approximate surface area is 140 Å². The van der Waals surface area contributed by atoms with Gasteiger partial charge >= 0.3 is 5.97 Å². The molecule has 1 aromatic carbocycles. The molecule has 1 heterocycles. The smallest absolute Gasteiger partial charge is 0.305 e. The Morgan fingerprint density at radius 1 is 1.39 bits per heavy atom. The maximum Gasteiger partial charge on any atom is 0.305 e. The van der Waals surface area contributed by atoms with Crippen molar-refractivity contribution in [2.45, 2.75) is 38.6 Å². The van der Waals surface area contributed by atoms with Crippen molar-refractivity contribution in [3.05, 3.63) is 33.8 Å². The second-order valence-electron chi connectivity index (χ2n) is 5.55. The highest BCUT2D eigenvalue weighted by Crippen LogP contribution is 2.37. The Bertz CT molecular complexity index is 667. The Kier molecular flexibility index (Phi) is 5.62. The van der Waals surface area contributed by atoms with E-state index in [9.17, 15) is 14.9 Å². The number of nitrogens with zero attached hydrogens (tertiary/aromatic N) is 2. The van der Waals surface area contributed by atoms with E-state index in [0.29, 0.717) is 30.0 Å². The lowest BCUT2D eigenvalue weighted by Crippen LogP contribution is -2.28. The van der Waals surface area contributed by atoms with Crippen LogP contribution in [0.1, 0.15) is 53.2 Å². The molecule has 0 fully saturated rings. The molecule has 0 saturated carbocycles. The van der Waals surface area contributed by atoms with Crippen LogP contribution in [0.4, 0.5) is 0 Å². The van der Waals surface area contributed by atoms with Gasteiger partial charge in [-0.05, 0) is 31.4 Å². The molecule has 0 radical (unpaired) electrons. The molecule has 0 saturated heterocycles. The zero-order valence-corrected chi connectivity index (χ0v) is 14.0. The van der Waals surface area contributed by atoms with Crippen molar-refractivity contribution in [3.63, 3.8) is 0 Å². The molecule has 122 valence electrons. The van der Waals surface area contributed by atoms with Gasteiger partial charge in [-0.25, -0.2) is 0 Å². The van der Waals surface area contributed by atoms with Gasteiger partial charge in [0.05, 0.1) is 18.7 Å². The number of fused-ring (bicyclic) bond motifs is 1. The molecule has 6 heteroatoms. The van der Waals surface area contributed by atoms with Crippen LogP contribution in [0.2, 0.25) is 5.02 Å². The van der Waals surface area contributed by atoms with Crippen molar-refractivity contribution in [1.82, 2.24) is 4.90 Å². The first-order chi connectivity index (χ1) is 11.0. The van der Waals surface area contributed by atoms with Gasteiger partial charge in [-0.15, -0.1) is 0 Å². The van der Waals surface area contributed by atoms with Crippen molar-refractivity contribution in [2.24, 2.45) is 0 Å².